The van der Waals surface area contributed by atoms with Gasteiger partial charge in [0, 0.05) is 5.02 Å². The third kappa shape index (κ3) is 2.54. The molecule has 0 amide bonds. The summed E-state index contributed by atoms with van der Waals surface area (Å²) in [5.41, 5.74) is 0. The molecule has 0 spiro atoms. The molecule has 0 atom stereocenters. The van der Waals surface area contributed by atoms with Crippen molar-refractivity contribution in [2.24, 2.45) is 0 Å². The number of ether oxygens (including phenoxy) is 2. The third-order valence-electron chi connectivity index (χ3n) is 2.25. The number of methoxy groups -OCH3 is 1. The summed E-state index contributed by atoms with van der Waals surface area (Å²) >= 11 is 5.78. The summed E-state index contributed by atoms with van der Waals surface area (Å²) in [7, 11) is 1.34. The molecule has 94 valence electrons. The van der Waals surface area contributed by atoms with Crippen LogP contribution in [0.25, 0.3) is 0 Å². The lowest BCUT2D eigenvalue weighted by Gasteiger charge is -2.11. The van der Waals surface area contributed by atoms with Crippen molar-refractivity contribution in [1.29, 1.82) is 0 Å². The molecule has 2 aromatic rings. The highest BCUT2D eigenvalue weighted by atomic mass is 35.5. The average molecular weight is 271 g/mol. The SMILES string of the molecule is COc1ccc(F)c(F)c1Oc1cccc(Cl)c1. The molecule has 0 heterocycles. The Balaban J connectivity index is 2.42. The van der Waals surface area contributed by atoms with Gasteiger partial charge >= 0.3 is 0 Å². The Kier molecular flexibility index (Phi) is 3.67. The Morgan fingerprint density at radius 2 is 1.89 bits per heavy atom. The van der Waals surface area contributed by atoms with E-state index in [9.17, 15) is 8.78 Å². The molecule has 0 aliphatic heterocycles. The average Bonchev–Trinajstić information content (AvgIpc) is 2.35. The molecule has 0 saturated carbocycles. The lowest BCUT2D eigenvalue weighted by atomic mass is 10.3. The Hall–Kier alpha value is -1.81. The van der Waals surface area contributed by atoms with Gasteiger partial charge in [-0.25, -0.2) is 4.39 Å². The first kappa shape index (κ1) is 12.6. The zero-order chi connectivity index (χ0) is 13.1. The summed E-state index contributed by atoms with van der Waals surface area (Å²) in [5, 5.41) is 0.434. The van der Waals surface area contributed by atoms with Crippen molar-refractivity contribution < 1.29 is 18.3 Å². The molecule has 0 unspecified atom stereocenters. The molecule has 0 bridgehead atoms. The van der Waals surface area contributed by atoms with Crippen LogP contribution in [0.15, 0.2) is 36.4 Å². The zero-order valence-electron chi connectivity index (χ0n) is 9.41. The van der Waals surface area contributed by atoms with Gasteiger partial charge in [-0.2, -0.15) is 4.39 Å². The summed E-state index contributed by atoms with van der Waals surface area (Å²) in [6.45, 7) is 0. The fraction of sp³-hybridized carbons (Fsp3) is 0.0769. The molecule has 5 heteroatoms. The van der Waals surface area contributed by atoms with Gasteiger partial charge in [0.05, 0.1) is 7.11 Å². The largest absolute Gasteiger partial charge is 0.493 e. The fourth-order valence-corrected chi connectivity index (χ4v) is 1.60. The van der Waals surface area contributed by atoms with E-state index in [1.807, 2.05) is 0 Å². The van der Waals surface area contributed by atoms with Crippen LogP contribution >= 0.6 is 11.6 Å². The molecule has 2 nitrogen and oxygen atoms in total. The molecular formula is C13H9ClF2O2. The van der Waals surface area contributed by atoms with E-state index >= 15 is 0 Å². The standard InChI is InChI=1S/C13H9ClF2O2/c1-17-11-6-5-10(15)12(16)13(11)18-9-4-2-3-8(14)7-9/h2-7H,1H3. The molecule has 0 aliphatic rings. The van der Waals surface area contributed by atoms with Gasteiger partial charge in [-0.05, 0) is 30.3 Å². The molecule has 0 fully saturated rings. The third-order valence-corrected chi connectivity index (χ3v) is 2.48. The highest BCUT2D eigenvalue weighted by Gasteiger charge is 2.16. The second-order valence-corrected chi connectivity index (χ2v) is 3.89. The lowest BCUT2D eigenvalue weighted by molar-refractivity contribution is 0.354. The number of hydrogen-bond donors (Lipinski definition) is 0. The van der Waals surface area contributed by atoms with Gasteiger partial charge in [-0.15, -0.1) is 0 Å². The zero-order valence-corrected chi connectivity index (χ0v) is 10.2. The van der Waals surface area contributed by atoms with Gasteiger partial charge in [0.25, 0.3) is 0 Å². The van der Waals surface area contributed by atoms with E-state index in [1.165, 1.54) is 19.2 Å². The van der Waals surface area contributed by atoms with Crippen molar-refractivity contribution in [3.63, 3.8) is 0 Å². The first-order valence-electron chi connectivity index (χ1n) is 5.07. The Morgan fingerprint density at radius 1 is 1.11 bits per heavy atom. The molecule has 2 rings (SSSR count). The van der Waals surface area contributed by atoms with Crippen molar-refractivity contribution in [2.45, 2.75) is 0 Å². The van der Waals surface area contributed by atoms with Gasteiger partial charge in [0.2, 0.25) is 11.6 Å². The number of benzene rings is 2. The van der Waals surface area contributed by atoms with Crippen molar-refractivity contribution >= 4 is 11.6 Å². The molecule has 18 heavy (non-hydrogen) atoms. The molecule has 0 N–H and O–H groups in total. The van der Waals surface area contributed by atoms with Crippen LogP contribution in [-0.4, -0.2) is 7.11 Å². The molecular weight excluding hydrogens is 262 g/mol. The first-order valence-corrected chi connectivity index (χ1v) is 5.45. The van der Waals surface area contributed by atoms with Crippen LogP contribution in [0, 0.1) is 11.6 Å². The molecule has 0 radical (unpaired) electrons. The number of rotatable bonds is 3. The fourth-order valence-electron chi connectivity index (χ4n) is 1.42. The Bertz CT molecular complexity index is 573. The topological polar surface area (TPSA) is 18.5 Å². The van der Waals surface area contributed by atoms with Crippen molar-refractivity contribution in [1.82, 2.24) is 0 Å². The van der Waals surface area contributed by atoms with Crippen LogP contribution < -0.4 is 9.47 Å². The maximum Gasteiger partial charge on any atom is 0.207 e. The minimum Gasteiger partial charge on any atom is -0.493 e. The van der Waals surface area contributed by atoms with E-state index in [0.29, 0.717) is 10.8 Å². The Labute approximate surface area is 108 Å². The molecule has 0 aromatic heterocycles. The summed E-state index contributed by atoms with van der Waals surface area (Å²) in [6, 6.07) is 8.62. The molecule has 0 aliphatic carbocycles. The highest BCUT2D eigenvalue weighted by molar-refractivity contribution is 6.30. The van der Waals surface area contributed by atoms with Crippen LogP contribution in [-0.2, 0) is 0 Å². The van der Waals surface area contributed by atoms with E-state index in [-0.39, 0.29) is 11.5 Å². The minimum absolute atomic E-state index is 0.105. The second-order valence-electron chi connectivity index (χ2n) is 3.45. The number of hydrogen-bond acceptors (Lipinski definition) is 2. The van der Waals surface area contributed by atoms with E-state index in [1.54, 1.807) is 18.2 Å². The predicted octanol–water partition coefficient (Wildman–Crippen LogP) is 4.42. The summed E-state index contributed by atoms with van der Waals surface area (Å²) in [6.07, 6.45) is 0. The predicted molar refractivity (Wildman–Crippen MR) is 64.4 cm³/mol. The van der Waals surface area contributed by atoms with E-state index in [0.717, 1.165) is 6.07 Å². The van der Waals surface area contributed by atoms with Gasteiger partial charge < -0.3 is 9.47 Å². The smallest absolute Gasteiger partial charge is 0.207 e. The van der Waals surface area contributed by atoms with Crippen molar-refractivity contribution in [3.05, 3.63) is 53.1 Å². The van der Waals surface area contributed by atoms with Gasteiger partial charge in [-0.1, -0.05) is 17.7 Å². The second kappa shape index (κ2) is 5.23. The van der Waals surface area contributed by atoms with E-state index in [2.05, 4.69) is 0 Å². The van der Waals surface area contributed by atoms with Crippen LogP contribution in [0.1, 0.15) is 0 Å². The Morgan fingerprint density at radius 3 is 2.56 bits per heavy atom. The van der Waals surface area contributed by atoms with Gasteiger partial charge in [-0.3, -0.25) is 0 Å². The van der Waals surface area contributed by atoms with E-state index in [4.69, 9.17) is 21.1 Å². The summed E-state index contributed by atoms with van der Waals surface area (Å²) in [4.78, 5) is 0. The quantitative estimate of drug-likeness (QED) is 0.822. The molecule has 2 aromatic carbocycles. The summed E-state index contributed by atoms with van der Waals surface area (Å²) in [5.74, 6) is -2.01. The first-order chi connectivity index (χ1) is 8.61. The van der Waals surface area contributed by atoms with E-state index < -0.39 is 11.6 Å². The van der Waals surface area contributed by atoms with Crippen molar-refractivity contribution in [3.8, 4) is 17.2 Å². The van der Waals surface area contributed by atoms with Gasteiger partial charge in [0.1, 0.15) is 5.75 Å². The van der Waals surface area contributed by atoms with Crippen LogP contribution in [0.2, 0.25) is 5.02 Å². The van der Waals surface area contributed by atoms with Crippen LogP contribution in [0.3, 0.4) is 0 Å². The maximum atomic E-state index is 13.6. The normalized spacial score (nSPS) is 10.2. The molecule has 0 saturated heterocycles. The monoisotopic (exact) mass is 270 g/mol. The van der Waals surface area contributed by atoms with Crippen molar-refractivity contribution in [2.75, 3.05) is 7.11 Å². The van der Waals surface area contributed by atoms with Crippen LogP contribution in [0.5, 0.6) is 17.2 Å². The highest BCUT2D eigenvalue weighted by Crippen LogP contribution is 2.35. The van der Waals surface area contributed by atoms with Gasteiger partial charge in [0.15, 0.2) is 11.6 Å². The maximum absolute atomic E-state index is 13.6. The minimum atomic E-state index is -1.10. The van der Waals surface area contributed by atoms with Crippen LogP contribution in [0.4, 0.5) is 8.78 Å². The summed E-state index contributed by atoms with van der Waals surface area (Å²) < 4.78 is 37.0. The lowest BCUT2D eigenvalue weighted by Crippen LogP contribution is -1.96. The number of halogens is 3.